The number of hydrogen-bond donors (Lipinski definition) is 4. The molecule has 0 bridgehead atoms. The summed E-state index contributed by atoms with van der Waals surface area (Å²) in [6.07, 6.45) is -8.19. The van der Waals surface area contributed by atoms with Gasteiger partial charge in [-0.15, -0.1) is 0 Å². The van der Waals surface area contributed by atoms with Crippen molar-refractivity contribution in [2.75, 3.05) is 6.61 Å². The maximum Gasteiger partial charge on any atom is 0.189 e. The average molecular weight is 181 g/mol. The standard InChI is InChI=1S/C6H11FO5/c7-3-5(10)4(9)2(1-8)12-6(3)11/h2-6,8-11H,1H2/t2-,3?,4-,5-,6-/m1/s1/i7-1. The van der Waals surface area contributed by atoms with Crippen LogP contribution in [0.4, 0.5) is 4.39 Å². The van der Waals surface area contributed by atoms with Crippen molar-refractivity contribution in [2.45, 2.75) is 30.8 Å². The van der Waals surface area contributed by atoms with Gasteiger partial charge in [-0.3, -0.25) is 0 Å². The maximum absolute atomic E-state index is 12.7. The number of ether oxygens (including phenoxy) is 1. The molecule has 5 nitrogen and oxygen atoms in total. The molecule has 4 N–H and O–H groups in total. The molecule has 0 aromatic heterocycles. The molecule has 1 aliphatic rings. The van der Waals surface area contributed by atoms with Crippen LogP contribution in [0.2, 0.25) is 0 Å². The van der Waals surface area contributed by atoms with Gasteiger partial charge < -0.3 is 25.2 Å². The van der Waals surface area contributed by atoms with E-state index in [1.807, 2.05) is 0 Å². The van der Waals surface area contributed by atoms with Crippen molar-refractivity contribution in [2.24, 2.45) is 0 Å². The predicted octanol–water partition coefficient (Wildman–Crippen LogP) is -2.24. The quantitative estimate of drug-likeness (QED) is 0.367. The summed E-state index contributed by atoms with van der Waals surface area (Å²) in [6, 6.07) is 0. The lowest BCUT2D eigenvalue weighted by atomic mass is 10.0. The molecule has 1 unspecified atom stereocenters. The SMILES string of the molecule is OC[C@H]1O[C@@H](O)C([18F])[C@@H](O)[C@@H]1O. The zero-order valence-electron chi connectivity index (χ0n) is 6.17. The molecule has 1 saturated heterocycles. The molecule has 1 heterocycles. The number of halogens is 1. The highest BCUT2D eigenvalue weighted by Crippen LogP contribution is 2.21. The Hall–Kier alpha value is -0.270. The van der Waals surface area contributed by atoms with Crippen LogP contribution in [0, 0.1) is 0 Å². The van der Waals surface area contributed by atoms with E-state index >= 15 is 0 Å². The molecule has 0 amide bonds. The van der Waals surface area contributed by atoms with Gasteiger partial charge in [0.25, 0.3) is 0 Å². The molecule has 5 atom stereocenters. The van der Waals surface area contributed by atoms with Crippen molar-refractivity contribution in [3.63, 3.8) is 0 Å². The second-order valence-electron chi connectivity index (χ2n) is 2.67. The first kappa shape index (κ1) is 9.82. The van der Waals surface area contributed by atoms with Gasteiger partial charge in [-0.05, 0) is 0 Å². The molecule has 1 aliphatic heterocycles. The van der Waals surface area contributed by atoms with Crippen LogP contribution in [0.15, 0.2) is 0 Å². The van der Waals surface area contributed by atoms with Crippen LogP contribution in [0.5, 0.6) is 0 Å². The Bertz CT molecular complexity index is 150. The van der Waals surface area contributed by atoms with Crippen LogP contribution in [-0.4, -0.2) is 57.8 Å². The van der Waals surface area contributed by atoms with Gasteiger partial charge in [-0.25, -0.2) is 4.39 Å². The van der Waals surface area contributed by atoms with Crippen LogP contribution in [0.25, 0.3) is 0 Å². The molecule has 0 aromatic rings. The summed E-state index contributed by atoms with van der Waals surface area (Å²) in [5.74, 6) is 0. The Morgan fingerprint density at radius 3 is 2.25 bits per heavy atom. The van der Waals surface area contributed by atoms with Crippen LogP contribution < -0.4 is 0 Å². The van der Waals surface area contributed by atoms with Crippen molar-refractivity contribution in [3.05, 3.63) is 0 Å². The summed E-state index contributed by atoms with van der Waals surface area (Å²) >= 11 is 0. The highest BCUT2D eigenvalue weighted by Gasteiger charge is 2.43. The van der Waals surface area contributed by atoms with E-state index in [-0.39, 0.29) is 0 Å². The van der Waals surface area contributed by atoms with E-state index in [9.17, 15) is 4.39 Å². The van der Waals surface area contributed by atoms with Crippen LogP contribution in [-0.2, 0) is 4.74 Å². The van der Waals surface area contributed by atoms with Crippen LogP contribution in [0.3, 0.4) is 0 Å². The minimum Gasteiger partial charge on any atom is -0.394 e. The number of aliphatic hydroxyl groups excluding tert-OH is 4. The number of alkyl halides is 1. The Balaban J connectivity index is 2.63. The van der Waals surface area contributed by atoms with E-state index in [4.69, 9.17) is 20.4 Å². The van der Waals surface area contributed by atoms with E-state index in [1.54, 1.807) is 0 Å². The van der Waals surface area contributed by atoms with Gasteiger partial charge in [0.15, 0.2) is 12.5 Å². The Kier molecular flexibility index (Phi) is 2.97. The molecule has 0 aliphatic carbocycles. The highest BCUT2D eigenvalue weighted by atomic mass is 18.2. The molecule has 1 fully saturated rings. The van der Waals surface area contributed by atoms with Gasteiger partial charge in [0.2, 0.25) is 0 Å². The summed E-state index contributed by atoms with van der Waals surface area (Å²) in [4.78, 5) is 0. The first-order valence-electron chi connectivity index (χ1n) is 3.52. The minimum absolute atomic E-state index is 0.581. The van der Waals surface area contributed by atoms with Crippen molar-refractivity contribution in [1.82, 2.24) is 0 Å². The predicted molar refractivity (Wildman–Crippen MR) is 34.9 cm³/mol. The number of aliphatic hydroxyl groups is 4. The van der Waals surface area contributed by atoms with Crippen molar-refractivity contribution in [1.29, 1.82) is 0 Å². The first-order chi connectivity index (χ1) is 5.57. The lowest BCUT2D eigenvalue weighted by molar-refractivity contribution is -0.271. The monoisotopic (exact) mass is 181 g/mol. The van der Waals surface area contributed by atoms with Crippen molar-refractivity contribution < 1.29 is 29.6 Å². The smallest absolute Gasteiger partial charge is 0.189 e. The molecule has 0 aromatic carbocycles. The molecule has 1 rings (SSSR count). The van der Waals surface area contributed by atoms with Gasteiger partial charge in [-0.2, -0.15) is 0 Å². The lowest BCUT2D eigenvalue weighted by Crippen LogP contribution is -2.56. The van der Waals surface area contributed by atoms with E-state index in [0.717, 1.165) is 0 Å². The molecule has 72 valence electrons. The van der Waals surface area contributed by atoms with Crippen molar-refractivity contribution in [3.8, 4) is 0 Å². The second kappa shape index (κ2) is 3.63. The molecule has 0 saturated carbocycles. The fourth-order valence-corrected chi connectivity index (χ4v) is 1.06. The highest BCUT2D eigenvalue weighted by molar-refractivity contribution is 4.88. The van der Waals surface area contributed by atoms with Crippen LogP contribution in [0.1, 0.15) is 0 Å². The molecular formula is C6H11FO5. The largest absolute Gasteiger partial charge is 0.394 e. The van der Waals surface area contributed by atoms with Gasteiger partial charge in [0, 0.05) is 0 Å². The first-order valence-corrected chi connectivity index (χ1v) is 3.52. The zero-order valence-corrected chi connectivity index (χ0v) is 6.17. The molecule has 6 heteroatoms. The van der Waals surface area contributed by atoms with E-state index < -0.39 is 37.4 Å². The molecular weight excluding hydrogens is 170 g/mol. The summed E-state index contributed by atoms with van der Waals surface area (Å²) < 4.78 is 17.1. The third kappa shape index (κ3) is 1.57. The van der Waals surface area contributed by atoms with Gasteiger partial charge in [0.05, 0.1) is 6.61 Å². The summed E-state index contributed by atoms with van der Waals surface area (Å²) in [6.45, 7) is -0.581. The molecule has 12 heavy (non-hydrogen) atoms. The Morgan fingerprint density at radius 2 is 1.75 bits per heavy atom. The van der Waals surface area contributed by atoms with Gasteiger partial charge >= 0.3 is 0 Å². The van der Waals surface area contributed by atoms with Gasteiger partial charge in [0.1, 0.15) is 18.3 Å². The topological polar surface area (TPSA) is 90.2 Å². The normalized spacial score (nSPS) is 49.2. The fourth-order valence-electron chi connectivity index (χ4n) is 1.06. The van der Waals surface area contributed by atoms with E-state index in [1.165, 1.54) is 0 Å². The third-order valence-electron chi connectivity index (χ3n) is 1.82. The summed E-state index contributed by atoms with van der Waals surface area (Å²) in [5.41, 5.74) is 0. The number of rotatable bonds is 1. The Morgan fingerprint density at radius 1 is 1.17 bits per heavy atom. The third-order valence-corrected chi connectivity index (χ3v) is 1.82. The average Bonchev–Trinajstić information content (AvgIpc) is 2.08. The lowest BCUT2D eigenvalue weighted by Gasteiger charge is -2.36. The molecule has 0 radical (unpaired) electrons. The fraction of sp³-hybridized carbons (Fsp3) is 1.00. The van der Waals surface area contributed by atoms with E-state index in [2.05, 4.69) is 4.74 Å². The van der Waals surface area contributed by atoms with Gasteiger partial charge in [-0.1, -0.05) is 0 Å². The zero-order chi connectivity index (χ0) is 9.30. The summed E-state index contributed by atoms with van der Waals surface area (Å²) in [7, 11) is 0. The second-order valence-corrected chi connectivity index (χ2v) is 2.67. The maximum atomic E-state index is 12.7. The summed E-state index contributed by atoms with van der Waals surface area (Å²) in [5, 5.41) is 35.3. The number of hydrogen-bond acceptors (Lipinski definition) is 5. The molecule has 0 spiro atoms. The van der Waals surface area contributed by atoms with Crippen molar-refractivity contribution >= 4 is 0 Å². The minimum atomic E-state index is -2.04. The van der Waals surface area contributed by atoms with Crippen LogP contribution >= 0.6 is 0 Å². The Labute approximate surface area is 68.0 Å². The van der Waals surface area contributed by atoms with E-state index in [0.29, 0.717) is 0 Å².